The number of halogens is 1. The molecule has 0 aliphatic carbocycles. The van der Waals surface area contributed by atoms with Gasteiger partial charge in [0.2, 0.25) is 0 Å². The van der Waals surface area contributed by atoms with Crippen molar-refractivity contribution < 1.29 is 9.94 Å². The highest BCUT2D eigenvalue weighted by molar-refractivity contribution is 6.18. The zero-order valence-electron chi connectivity index (χ0n) is 12.4. The third-order valence-electron chi connectivity index (χ3n) is 3.64. The molecule has 1 aromatic heterocycles. The molecule has 0 aliphatic rings. The lowest BCUT2D eigenvalue weighted by atomic mass is 10.0. The van der Waals surface area contributed by atoms with E-state index in [4.69, 9.17) is 16.4 Å². The molecule has 3 rings (SSSR count). The van der Waals surface area contributed by atoms with Crippen molar-refractivity contribution in [3.05, 3.63) is 82.1 Å². The van der Waals surface area contributed by atoms with Crippen molar-refractivity contribution >= 4 is 22.5 Å². The zero-order chi connectivity index (χ0) is 16.2. The summed E-state index contributed by atoms with van der Waals surface area (Å²) in [5, 5.41) is 10.8. The van der Waals surface area contributed by atoms with Crippen LogP contribution in [0.5, 0.6) is 0 Å². The van der Waals surface area contributed by atoms with Crippen LogP contribution >= 0.6 is 11.6 Å². The molecule has 1 atom stereocenters. The number of pyridine rings is 1. The molecule has 0 bridgehead atoms. The molecule has 23 heavy (non-hydrogen) atoms. The molecule has 3 aromatic rings. The number of fused-ring (bicyclic) bond motifs is 1. The summed E-state index contributed by atoms with van der Waals surface area (Å²) in [5.74, 6) is 0.0864. The molecule has 0 radical (unpaired) electrons. The van der Waals surface area contributed by atoms with Crippen molar-refractivity contribution in [2.75, 3.05) is 5.88 Å². The van der Waals surface area contributed by atoms with Crippen molar-refractivity contribution in [3.8, 4) is 0 Å². The van der Waals surface area contributed by atoms with Gasteiger partial charge in [-0.3, -0.25) is 4.79 Å². The van der Waals surface area contributed by atoms with Crippen LogP contribution in [0.2, 0.25) is 0 Å². The second-order valence-electron chi connectivity index (χ2n) is 5.18. The minimum Gasteiger partial charge on any atom is -0.405 e. The molecule has 118 valence electrons. The van der Waals surface area contributed by atoms with Gasteiger partial charge in [0.1, 0.15) is 6.61 Å². The predicted molar refractivity (Wildman–Crippen MR) is 90.6 cm³/mol. The normalized spacial score (nSPS) is 12.3. The van der Waals surface area contributed by atoms with Crippen LogP contribution in [0.25, 0.3) is 10.9 Å². The monoisotopic (exact) mass is 329 g/mol. The Kier molecular flexibility index (Phi) is 4.65. The fraction of sp³-hybridized carbons (Fsp3) is 0.167. The van der Waals surface area contributed by atoms with Crippen LogP contribution in [0.1, 0.15) is 17.2 Å². The van der Waals surface area contributed by atoms with Crippen LogP contribution in [-0.4, -0.2) is 15.7 Å². The summed E-state index contributed by atoms with van der Waals surface area (Å²) in [6, 6.07) is 18.1. The SMILES string of the molecule is O=c1ccc2c([C@@H](O)CCl)cccc2n1OCc1ccccc1. The predicted octanol–water partition coefficient (Wildman–Crippen LogP) is 2.90. The molecule has 5 heteroatoms. The first-order valence-corrected chi connectivity index (χ1v) is 7.80. The van der Waals surface area contributed by atoms with Gasteiger partial charge in [0, 0.05) is 11.5 Å². The van der Waals surface area contributed by atoms with Gasteiger partial charge in [0.15, 0.2) is 0 Å². The lowest BCUT2D eigenvalue weighted by Gasteiger charge is -2.15. The fourth-order valence-electron chi connectivity index (χ4n) is 2.49. The van der Waals surface area contributed by atoms with Crippen molar-refractivity contribution in [1.82, 2.24) is 4.73 Å². The Morgan fingerprint density at radius 2 is 1.83 bits per heavy atom. The quantitative estimate of drug-likeness (QED) is 0.732. The number of hydrogen-bond donors (Lipinski definition) is 1. The van der Waals surface area contributed by atoms with Crippen molar-refractivity contribution in [2.24, 2.45) is 0 Å². The molecule has 1 N–H and O–H groups in total. The van der Waals surface area contributed by atoms with Gasteiger partial charge in [0.25, 0.3) is 5.56 Å². The first-order valence-electron chi connectivity index (χ1n) is 7.26. The van der Waals surface area contributed by atoms with Gasteiger partial charge in [-0.15, -0.1) is 16.3 Å². The molecule has 0 amide bonds. The molecule has 1 heterocycles. The Morgan fingerprint density at radius 3 is 2.57 bits per heavy atom. The van der Waals surface area contributed by atoms with Gasteiger partial charge in [-0.1, -0.05) is 42.5 Å². The van der Waals surface area contributed by atoms with Crippen LogP contribution in [0, 0.1) is 0 Å². The fourth-order valence-corrected chi connectivity index (χ4v) is 2.66. The maximum Gasteiger partial charge on any atom is 0.283 e. The Labute approximate surface area is 138 Å². The molecule has 2 aromatic carbocycles. The van der Waals surface area contributed by atoms with Crippen LogP contribution in [0.15, 0.2) is 65.5 Å². The van der Waals surface area contributed by atoms with Gasteiger partial charge < -0.3 is 9.94 Å². The van der Waals surface area contributed by atoms with Crippen LogP contribution in [0.3, 0.4) is 0 Å². The van der Waals surface area contributed by atoms with Crippen molar-refractivity contribution in [2.45, 2.75) is 12.7 Å². The second kappa shape index (κ2) is 6.86. The highest BCUT2D eigenvalue weighted by Crippen LogP contribution is 2.24. The van der Waals surface area contributed by atoms with Crippen LogP contribution in [0.4, 0.5) is 0 Å². The molecule has 0 fully saturated rings. The van der Waals surface area contributed by atoms with Crippen molar-refractivity contribution in [3.63, 3.8) is 0 Å². The van der Waals surface area contributed by atoms with Gasteiger partial charge >= 0.3 is 0 Å². The number of aliphatic hydroxyl groups excluding tert-OH is 1. The first-order chi connectivity index (χ1) is 11.2. The summed E-state index contributed by atoms with van der Waals surface area (Å²) < 4.78 is 1.26. The summed E-state index contributed by atoms with van der Waals surface area (Å²) in [4.78, 5) is 17.8. The Morgan fingerprint density at radius 1 is 1.04 bits per heavy atom. The standard InChI is InChI=1S/C18H16ClNO3/c19-11-17(21)15-7-4-8-16-14(15)9-10-18(22)20(16)23-12-13-5-2-1-3-6-13/h1-10,17,21H,11-12H2/t17-/m0/s1. The van der Waals surface area contributed by atoms with E-state index in [1.54, 1.807) is 24.3 Å². The van der Waals surface area contributed by atoms with Crippen molar-refractivity contribution in [1.29, 1.82) is 0 Å². The molecule has 4 nitrogen and oxygen atoms in total. The summed E-state index contributed by atoms with van der Waals surface area (Å²) in [5.41, 5.74) is 1.99. The maximum absolute atomic E-state index is 12.2. The summed E-state index contributed by atoms with van der Waals surface area (Å²) in [6.45, 7) is 0.280. The minimum absolute atomic E-state index is 0.0864. The van der Waals surface area contributed by atoms with E-state index in [1.165, 1.54) is 10.8 Å². The smallest absolute Gasteiger partial charge is 0.283 e. The van der Waals surface area contributed by atoms with E-state index in [9.17, 15) is 9.90 Å². The van der Waals surface area contributed by atoms with Gasteiger partial charge in [-0.25, -0.2) is 0 Å². The summed E-state index contributed by atoms with van der Waals surface area (Å²) in [7, 11) is 0. The Balaban J connectivity index is 2.02. The number of rotatable bonds is 5. The number of alkyl halides is 1. The number of nitrogens with zero attached hydrogens (tertiary/aromatic N) is 1. The Bertz CT molecular complexity index is 861. The number of aliphatic hydroxyl groups is 1. The molecule has 0 unspecified atom stereocenters. The molecule has 0 saturated carbocycles. The van der Waals surface area contributed by atoms with E-state index in [-0.39, 0.29) is 18.0 Å². The van der Waals surface area contributed by atoms with E-state index >= 15 is 0 Å². The van der Waals surface area contributed by atoms with E-state index in [1.807, 2.05) is 30.3 Å². The van der Waals surface area contributed by atoms with Gasteiger partial charge in [0.05, 0.1) is 17.5 Å². The van der Waals surface area contributed by atoms with Crippen LogP contribution < -0.4 is 10.4 Å². The summed E-state index contributed by atoms with van der Waals surface area (Å²) in [6.07, 6.45) is -0.791. The minimum atomic E-state index is -0.791. The van der Waals surface area contributed by atoms with E-state index < -0.39 is 6.10 Å². The highest BCUT2D eigenvalue weighted by Gasteiger charge is 2.13. The maximum atomic E-state index is 12.2. The van der Waals surface area contributed by atoms with Crippen LogP contribution in [-0.2, 0) is 6.61 Å². The molecular weight excluding hydrogens is 314 g/mol. The zero-order valence-corrected chi connectivity index (χ0v) is 13.1. The number of aromatic nitrogens is 1. The molecule has 0 aliphatic heterocycles. The van der Waals surface area contributed by atoms with E-state index in [2.05, 4.69) is 0 Å². The average molecular weight is 330 g/mol. The van der Waals surface area contributed by atoms with E-state index in [0.29, 0.717) is 11.1 Å². The molecule has 0 spiro atoms. The largest absolute Gasteiger partial charge is 0.405 e. The third kappa shape index (κ3) is 3.23. The van der Waals surface area contributed by atoms with Gasteiger partial charge in [-0.2, -0.15) is 0 Å². The highest BCUT2D eigenvalue weighted by atomic mass is 35.5. The average Bonchev–Trinajstić information content (AvgIpc) is 2.60. The topological polar surface area (TPSA) is 51.5 Å². The first kappa shape index (κ1) is 15.6. The molecular formula is C18H16ClNO3. The van der Waals surface area contributed by atoms with E-state index in [0.717, 1.165) is 10.9 Å². The molecule has 0 saturated heterocycles. The number of benzene rings is 2. The lowest BCUT2D eigenvalue weighted by molar-refractivity contribution is 0.0992. The van der Waals surface area contributed by atoms with Gasteiger partial charge in [-0.05, 0) is 23.3 Å². The summed E-state index contributed by atoms with van der Waals surface area (Å²) >= 11 is 5.75. The Hall–Kier alpha value is -2.30. The third-order valence-corrected chi connectivity index (χ3v) is 3.93. The second-order valence-corrected chi connectivity index (χ2v) is 5.48. The number of hydrogen-bond acceptors (Lipinski definition) is 3. The lowest BCUT2D eigenvalue weighted by Crippen LogP contribution is -2.26.